The van der Waals surface area contributed by atoms with E-state index in [0.29, 0.717) is 11.5 Å². The van der Waals surface area contributed by atoms with Crippen LogP contribution in [0.1, 0.15) is 36.4 Å². The lowest BCUT2D eigenvalue weighted by Gasteiger charge is -2.43. The van der Waals surface area contributed by atoms with Crippen molar-refractivity contribution in [3.8, 4) is 0 Å². The number of benzene rings is 1. The van der Waals surface area contributed by atoms with Crippen LogP contribution in [-0.4, -0.2) is 31.1 Å². The van der Waals surface area contributed by atoms with Gasteiger partial charge >= 0.3 is 6.18 Å². The molecular formula is C16H20ClF3N2. The van der Waals surface area contributed by atoms with E-state index in [-0.39, 0.29) is 11.1 Å². The van der Waals surface area contributed by atoms with E-state index in [2.05, 4.69) is 10.2 Å². The molecule has 1 aliphatic heterocycles. The summed E-state index contributed by atoms with van der Waals surface area (Å²) in [4.78, 5) is 2.31. The Morgan fingerprint density at radius 2 is 1.82 bits per heavy atom. The summed E-state index contributed by atoms with van der Waals surface area (Å²) in [5.41, 5.74) is 0.0703. The largest absolute Gasteiger partial charge is 0.416 e. The zero-order valence-corrected chi connectivity index (χ0v) is 13.1. The van der Waals surface area contributed by atoms with Crippen LogP contribution in [0.3, 0.4) is 0 Å². The third-order valence-electron chi connectivity index (χ3n) is 4.73. The van der Waals surface area contributed by atoms with E-state index in [4.69, 9.17) is 11.6 Å². The molecule has 2 aliphatic rings. The van der Waals surface area contributed by atoms with Gasteiger partial charge < -0.3 is 5.32 Å². The maximum Gasteiger partial charge on any atom is 0.416 e. The normalized spacial score (nSPS) is 22.4. The van der Waals surface area contributed by atoms with Crippen molar-refractivity contribution < 1.29 is 13.2 Å². The Morgan fingerprint density at radius 3 is 2.36 bits per heavy atom. The van der Waals surface area contributed by atoms with Gasteiger partial charge in [-0.2, -0.15) is 13.2 Å². The molecule has 1 saturated carbocycles. The van der Waals surface area contributed by atoms with Crippen molar-refractivity contribution in [2.45, 2.75) is 31.5 Å². The molecule has 1 aromatic carbocycles. The molecule has 22 heavy (non-hydrogen) atoms. The molecule has 1 N–H and O–H groups in total. The van der Waals surface area contributed by atoms with Gasteiger partial charge in [-0.05, 0) is 42.5 Å². The molecule has 0 unspecified atom stereocenters. The third kappa shape index (κ3) is 3.42. The van der Waals surface area contributed by atoms with Gasteiger partial charge in [0.2, 0.25) is 0 Å². The number of alkyl halides is 3. The predicted octanol–water partition coefficient (Wildman–Crippen LogP) is 4.11. The fraction of sp³-hybridized carbons (Fsp3) is 0.625. The van der Waals surface area contributed by atoms with Crippen LogP contribution >= 0.6 is 11.6 Å². The molecule has 0 bridgehead atoms. The molecule has 0 spiro atoms. The fourth-order valence-electron chi connectivity index (χ4n) is 3.44. The van der Waals surface area contributed by atoms with E-state index in [1.165, 1.54) is 12.5 Å². The van der Waals surface area contributed by atoms with Crippen molar-refractivity contribution in [2.24, 2.45) is 5.92 Å². The highest BCUT2D eigenvalue weighted by Crippen LogP contribution is 2.43. The van der Waals surface area contributed by atoms with Gasteiger partial charge in [0.1, 0.15) is 0 Å². The van der Waals surface area contributed by atoms with Crippen LogP contribution in [0.15, 0.2) is 18.2 Å². The highest BCUT2D eigenvalue weighted by atomic mass is 35.5. The molecular weight excluding hydrogens is 313 g/mol. The molecule has 1 aliphatic carbocycles. The Hall–Kier alpha value is -0.780. The standard InChI is InChI=1S/C16H20ClF3N2/c17-14-9-12(8-13(10-14)16(18,19)20)15(11-2-1-3-11)22-6-4-21-5-7-22/h8-11,15,21H,1-7H2/t15-/m1/s1. The van der Waals surface area contributed by atoms with Crippen LogP contribution < -0.4 is 5.32 Å². The summed E-state index contributed by atoms with van der Waals surface area (Å²) in [7, 11) is 0. The quantitative estimate of drug-likeness (QED) is 0.896. The van der Waals surface area contributed by atoms with Crippen molar-refractivity contribution in [1.82, 2.24) is 10.2 Å². The van der Waals surface area contributed by atoms with Gasteiger partial charge in [-0.25, -0.2) is 0 Å². The minimum Gasteiger partial charge on any atom is -0.314 e. The number of nitrogens with one attached hydrogen (secondary N) is 1. The molecule has 2 nitrogen and oxygen atoms in total. The molecule has 122 valence electrons. The van der Waals surface area contributed by atoms with Crippen LogP contribution in [0.2, 0.25) is 5.02 Å². The molecule has 1 saturated heterocycles. The maximum atomic E-state index is 13.1. The zero-order chi connectivity index (χ0) is 15.7. The second-order valence-electron chi connectivity index (χ2n) is 6.19. The molecule has 0 amide bonds. The van der Waals surface area contributed by atoms with Gasteiger partial charge in [0.15, 0.2) is 0 Å². The van der Waals surface area contributed by atoms with Gasteiger partial charge in [-0.3, -0.25) is 4.90 Å². The zero-order valence-electron chi connectivity index (χ0n) is 12.3. The van der Waals surface area contributed by atoms with E-state index in [9.17, 15) is 13.2 Å². The minimum atomic E-state index is -4.35. The minimum absolute atomic E-state index is 0.0515. The monoisotopic (exact) mass is 332 g/mol. The van der Waals surface area contributed by atoms with E-state index in [1.54, 1.807) is 6.07 Å². The van der Waals surface area contributed by atoms with Crippen LogP contribution in [0.25, 0.3) is 0 Å². The number of nitrogens with zero attached hydrogens (tertiary/aromatic N) is 1. The first kappa shape index (κ1) is 16.1. The second kappa shape index (κ2) is 6.38. The lowest BCUT2D eigenvalue weighted by molar-refractivity contribution is -0.137. The Bertz CT molecular complexity index is 523. The number of halogens is 4. The molecule has 1 heterocycles. The van der Waals surface area contributed by atoms with Crippen LogP contribution in [-0.2, 0) is 6.18 Å². The van der Waals surface area contributed by atoms with Gasteiger partial charge in [0.05, 0.1) is 5.56 Å². The first-order chi connectivity index (χ1) is 10.4. The van der Waals surface area contributed by atoms with E-state index < -0.39 is 11.7 Å². The Balaban J connectivity index is 1.94. The second-order valence-corrected chi connectivity index (χ2v) is 6.63. The summed E-state index contributed by atoms with van der Waals surface area (Å²) in [6, 6.07) is 4.06. The summed E-state index contributed by atoms with van der Waals surface area (Å²) in [5.74, 6) is 0.442. The van der Waals surface area contributed by atoms with Crippen molar-refractivity contribution in [3.63, 3.8) is 0 Å². The van der Waals surface area contributed by atoms with Gasteiger partial charge in [-0.15, -0.1) is 0 Å². The van der Waals surface area contributed by atoms with Crippen molar-refractivity contribution in [2.75, 3.05) is 26.2 Å². The Morgan fingerprint density at radius 1 is 1.14 bits per heavy atom. The van der Waals surface area contributed by atoms with Gasteiger partial charge in [0.25, 0.3) is 0 Å². The van der Waals surface area contributed by atoms with E-state index in [1.807, 2.05) is 0 Å². The smallest absolute Gasteiger partial charge is 0.314 e. The average Bonchev–Trinajstić information content (AvgIpc) is 2.42. The summed E-state index contributed by atoms with van der Waals surface area (Å²) < 4.78 is 39.2. The summed E-state index contributed by atoms with van der Waals surface area (Å²) in [5, 5.41) is 3.47. The SMILES string of the molecule is FC(F)(F)c1cc(Cl)cc([C@@H](C2CCC2)N2CCNCC2)c1. The van der Waals surface area contributed by atoms with E-state index in [0.717, 1.165) is 45.1 Å². The highest BCUT2D eigenvalue weighted by molar-refractivity contribution is 6.30. The Kier molecular flexibility index (Phi) is 4.67. The van der Waals surface area contributed by atoms with Crippen molar-refractivity contribution in [3.05, 3.63) is 34.3 Å². The number of piperazine rings is 1. The first-order valence-electron chi connectivity index (χ1n) is 7.77. The summed E-state index contributed by atoms with van der Waals surface area (Å²) in [6.45, 7) is 3.51. The van der Waals surface area contributed by atoms with Gasteiger partial charge in [-0.1, -0.05) is 18.0 Å². The number of rotatable bonds is 3. The number of hydrogen-bond acceptors (Lipinski definition) is 2. The van der Waals surface area contributed by atoms with Crippen LogP contribution in [0.5, 0.6) is 0 Å². The highest BCUT2D eigenvalue weighted by Gasteiger charge is 2.36. The predicted molar refractivity (Wildman–Crippen MR) is 81.0 cm³/mol. The topological polar surface area (TPSA) is 15.3 Å². The summed E-state index contributed by atoms with van der Waals surface area (Å²) in [6.07, 6.45) is -1.02. The fourth-order valence-corrected chi connectivity index (χ4v) is 3.69. The van der Waals surface area contributed by atoms with E-state index >= 15 is 0 Å². The molecule has 0 aromatic heterocycles. The van der Waals surface area contributed by atoms with Crippen molar-refractivity contribution in [1.29, 1.82) is 0 Å². The molecule has 6 heteroatoms. The Labute approximate surface area is 133 Å². The first-order valence-corrected chi connectivity index (χ1v) is 8.15. The van der Waals surface area contributed by atoms with Crippen molar-refractivity contribution >= 4 is 11.6 Å². The lowest BCUT2D eigenvalue weighted by atomic mass is 9.76. The molecule has 1 aromatic rings. The molecule has 0 radical (unpaired) electrons. The molecule has 3 rings (SSSR count). The third-order valence-corrected chi connectivity index (χ3v) is 4.95. The summed E-state index contributed by atoms with van der Waals surface area (Å²) >= 11 is 5.97. The maximum absolute atomic E-state index is 13.1. The molecule has 1 atom stereocenters. The number of hydrogen-bond donors (Lipinski definition) is 1. The van der Waals surface area contributed by atoms with Crippen LogP contribution in [0.4, 0.5) is 13.2 Å². The van der Waals surface area contributed by atoms with Gasteiger partial charge in [0, 0.05) is 37.2 Å². The molecule has 2 fully saturated rings. The van der Waals surface area contributed by atoms with Crippen LogP contribution in [0, 0.1) is 5.92 Å². The lowest BCUT2D eigenvalue weighted by Crippen LogP contribution is -2.47. The average molecular weight is 333 g/mol.